The van der Waals surface area contributed by atoms with Crippen LogP contribution in [0.25, 0.3) is 0 Å². The van der Waals surface area contributed by atoms with Gasteiger partial charge in [-0.15, -0.1) is 4.20 Å². The van der Waals surface area contributed by atoms with Crippen molar-refractivity contribution in [2.24, 2.45) is 0 Å². The lowest BCUT2D eigenvalue weighted by Crippen LogP contribution is -1.99. The van der Waals surface area contributed by atoms with Crippen LogP contribution in [-0.2, 0) is 0 Å². The summed E-state index contributed by atoms with van der Waals surface area (Å²) in [5, 5.41) is 0. The lowest BCUT2D eigenvalue weighted by Gasteiger charge is -2.17. The third-order valence-corrected chi connectivity index (χ3v) is 3.45. The molecule has 0 radical (unpaired) electrons. The standard InChI is InChI=1S/C15H16FO2P/c1-11-8-9-15(18-19(16)17)14(10-11)12(2)13-6-4-3-5-7-13/h3-10,12,17H,1-2H3. The van der Waals surface area contributed by atoms with Crippen LogP contribution in [0.2, 0.25) is 0 Å². The monoisotopic (exact) mass is 278 g/mol. The highest BCUT2D eigenvalue weighted by Gasteiger charge is 2.16. The number of aryl methyl sites for hydroxylation is 1. The van der Waals surface area contributed by atoms with Gasteiger partial charge in [0.1, 0.15) is 5.75 Å². The van der Waals surface area contributed by atoms with Gasteiger partial charge in [-0.05, 0) is 18.6 Å². The van der Waals surface area contributed by atoms with E-state index in [2.05, 4.69) is 0 Å². The zero-order chi connectivity index (χ0) is 13.8. The van der Waals surface area contributed by atoms with Gasteiger partial charge in [-0.3, -0.25) is 0 Å². The zero-order valence-electron chi connectivity index (χ0n) is 10.9. The van der Waals surface area contributed by atoms with Crippen LogP contribution in [0.5, 0.6) is 5.75 Å². The van der Waals surface area contributed by atoms with Gasteiger partial charge in [-0.2, -0.15) is 0 Å². The van der Waals surface area contributed by atoms with Crippen LogP contribution in [0.3, 0.4) is 0 Å². The average molecular weight is 278 g/mol. The molecule has 0 aliphatic heterocycles. The van der Waals surface area contributed by atoms with Crippen molar-refractivity contribution in [2.75, 3.05) is 0 Å². The summed E-state index contributed by atoms with van der Waals surface area (Å²) >= 11 is 0. The smallest absolute Gasteiger partial charge is 0.424 e. The minimum atomic E-state index is -2.90. The first-order valence-corrected chi connectivity index (χ1v) is 7.16. The summed E-state index contributed by atoms with van der Waals surface area (Å²) in [7, 11) is -2.90. The predicted octanol–water partition coefficient (Wildman–Crippen LogP) is 4.71. The lowest BCUT2D eigenvalue weighted by molar-refractivity contribution is 0.430. The fourth-order valence-corrected chi connectivity index (χ4v) is 2.42. The molecule has 2 atom stereocenters. The molecule has 2 aromatic carbocycles. The molecule has 2 rings (SSSR count). The molecule has 2 aromatic rings. The molecule has 0 aromatic heterocycles. The maximum atomic E-state index is 12.7. The average Bonchev–Trinajstić information content (AvgIpc) is 2.40. The predicted molar refractivity (Wildman–Crippen MR) is 76.0 cm³/mol. The highest BCUT2D eigenvalue weighted by molar-refractivity contribution is 7.40. The van der Waals surface area contributed by atoms with Crippen molar-refractivity contribution < 1.29 is 13.6 Å². The van der Waals surface area contributed by atoms with Gasteiger partial charge >= 0.3 is 8.69 Å². The number of rotatable bonds is 4. The van der Waals surface area contributed by atoms with Crippen molar-refractivity contribution in [3.63, 3.8) is 0 Å². The van der Waals surface area contributed by atoms with Gasteiger partial charge in [0.05, 0.1) is 0 Å². The molecule has 0 saturated carbocycles. The number of halogens is 1. The van der Waals surface area contributed by atoms with E-state index in [0.29, 0.717) is 5.75 Å². The molecule has 0 saturated heterocycles. The Hall–Kier alpha value is -1.44. The van der Waals surface area contributed by atoms with Crippen molar-refractivity contribution >= 4 is 8.69 Å². The first-order chi connectivity index (χ1) is 9.08. The van der Waals surface area contributed by atoms with Crippen LogP contribution in [0, 0.1) is 6.92 Å². The van der Waals surface area contributed by atoms with Crippen LogP contribution < -0.4 is 4.52 Å². The van der Waals surface area contributed by atoms with E-state index in [1.807, 2.05) is 56.3 Å². The molecule has 0 fully saturated rings. The second-order valence-electron chi connectivity index (χ2n) is 4.49. The van der Waals surface area contributed by atoms with E-state index in [0.717, 1.165) is 16.7 Å². The Labute approximate surface area is 113 Å². The Kier molecular flexibility index (Phi) is 4.52. The molecule has 0 aliphatic rings. The SMILES string of the molecule is Cc1ccc(OP(O)F)c(C(C)c2ccccc2)c1. The summed E-state index contributed by atoms with van der Waals surface area (Å²) < 4.78 is 17.6. The summed E-state index contributed by atoms with van der Waals surface area (Å²) in [6.45, 7) is 4.01. The fraction of sp³-hybridized carbons (Fsp3) is 0.200. The molecule has 0 bridgehead atoms. The first-order valence-electron chi connectivity index (χ1n) is 6.06. The third-order valence-electron chi connectivity index (χ3n) is 3.11. The van der Waals surface area contributed by atoms with Gasteiger partial charge in [0.25, 0.3) is 0 Å². The Bertz CT molecular complexity index is 543. The second kappa shape index (κ2) is 6.14. The minimum Gasteiger partial charge on any atom is -0.424 e. The normalized spacial score (nSPS) is 13.9. The van der Waals surface area contributed by atoms with Crippen LogP contribution in [0.1, 0.15) is 29.5 Å². The Morgan fingerprint density at radius 3 is 2.47 bits per heavy atom. The molecule has 1 N–H and O–H groups in total. The third kappa shape index (κ3) is 3.52. The maximum Gasteiger partial charge on any atom is 0.436 e. The van der Waals surface area contributed by atoms with Crippen molar-refractivity contribution in [1.82, 2.24) is 0 Å². The first kappa shape index (κ1) is 14.0. The Balaban J connectivity index is 2.39. The van der Waals surface area contributed by atoms with Crippen LogP contribution in [0.4, 0.5) is 4.20 Å². The molecular weight excluding hydrogens is 262 g/mol. The van der Waals surface area contributed by atoms with Gasteiger partial charge in [-0.25, -0.2) is 0 Å². The largest absolute Gasteiger partial charge is 0.436 e. The molecule has 2 unspecified atom stereocenters. The topological polar surface area (TPSA) is 29.5 Å². The van der Waals surface area contributed by atoms with E-state index in [1.165, 1.54) is 0 Å². The van der Waals surface area contributed by atoms with Crippen LogP contribution in [0.15, 0.2) is 48.5 Å². The van der Waals surface area contributed by atoms with E-state index in [1.54, 1.807) is 6.07 Å². The van der Waals surface area contributed by atoms with E-state index in [-0.39, 0.29) is 5.92 Å². The highest BCUT2D eigenvalue weighted by Crippen LogP contribution is 2.40. The molecule has 0 aliphatic carbocycles. The summed E-state index contributed by atoms with van der Waals surface area (Å²) in [5.41, 5.74) is 3.08. The van der Waals surface area contributed by atoms with Gasteiger partial charge in [0.2, 0.25) is 0 Å². The lowest BCUT2D eigenvalue weighted by atomic mass is 9.91. The summed E-state index contributed by atoms with van der Waals surface area (Å²) in [4.78, 5) is 8.83. The van der Waals surface area contributed by atoms with Crippen LogP contribution >= 0.6 is 8.69 Å². The quantitative estimate of drug-likeness (QED) is 0.820. The summed E-state index contributed by atoms with van der Waals surface area (Å²) in [6.07, 6.45) is 0. The molecule has 19 heavy (non-hydrogen) atoms. The number of benzene rings is 2. The molecule has 0 amide bonds. The zero-order valence-corrected chi connectivity index (χ0v) is 11.8. The Morgan fingerprint density at radius 1 is 1.16 bits per heavy atom. The molecule has 100 valence electrons. The molecule has 0 spiro atoms. The van der Waals surface area contributed by atoms with Gasteiger partial charge in [0.15, 0.2) is 0 Å². The Morgan fingerprint density at radius 2 is 1.84 bits per heavy atom. The molecule has 0 heterocycles. The number of hydrogen-bond acceptors (Lipinski definition) is 2. The molecule has 4 heteroatoms. The molecular formula is C15H16FO2P. The second-order valence-corrected chi connectivity index (χ2v) is 5.13. The minimum absolute atomic E-state index is 0.0750. The van der Waals surface area contributed by atoms with Crippen molar-refractivity contribution in [1.29, 1.82) is 0 Å². The van der Waals surface area contributed by atoms with E-state index in [9.17, 15) is 4.20 Å². The van der Waals surface area contributed by atoms with E-state index in [4.69, 9.17) is 9.42 Å². The van der Waals surface area contributed by atoms with Crippen LogP contribution in [-0.4, -0.2) is 4.89 Å². The maximum absolute atomic E-state index is 12.7. The summed E-state index contributed by atoms with van der Waals surface area (Å²) in [6, 6.07) is 15.4. The molecule has 2 nitrogen and oxygen atoms in total. The van der Waals surface area contributed by atoms with Crippen molar-refractivity contribution in [3.8, 4) is 5.75 Å². The van der Waals surface area contributed by atoms with Crippen molar-refractivity contribution in [3.05, 3.63) is 65.2 Å². The van der Waals surface area contributed by atoms with Crippen molar-refractivity contribution in [2.45, 2.75) is 19.8 Å². The van der Waals surface area contributed by atoms with E-state index >= 15 is 0 Å². The van der Waals surface area contributed by atoms with Gasteiger partial charge < -0.3 is 9.42 Å². The summed E-state index contributed by atoms with van der Waals surface area (Å²) in [5.74, 6) is 0.476. The number of hydrogen-bond donors (Lipinski definition) is 1. The fourth-order valence-electron chi connectivity index (χ4n) is 2.09. The van der Waals surface area contributed by atoms with Gasteiger partial charge in [-0.1, -0.05) is 55.0 Å². The van der Waals surface area contributed by atoms with E-state index < -0.39 is 8.69 Å². The van der Waals surface area contributed by atoms with Gasteiger partial charge in [0, 0.05) is 11.5 Å². The highest BCUT2D eigenvalue weighted by atomic mass is 31.2.